The molecular weight excluding hydrogens is 447 g/mol. The maximum atomic E-state index is 13.1. The van der Waals surface area contributed by atoms with E-state index in [-0.39, 0.29) is 12.6 Å². The molecule has 0 spiro atoms. The summed E-state index contributed by atoms with van der Waals surface area (Å²) in [5, 5.41) is 9.09. The molecule has 3 rings (SSSR count). The van der Waals surface area contributed by atoms with E-state index in [1.165, 1.54) is 30.9 Å². The lowest BCUT2D eigenvalue weighted by molar-refractivity contribution is -0.140. The lowest BCUT2D eigenvalue weighted by Crippen LogP contribution is -2.06. The van der Waals surface area contributed by atoms with Crippen LogP contribution in [0.15, 0.2) is 46.2 Å². The van der Waals surface area contributed by atoms with Gasteiger partial charge in [-0.1, -0.05) is 17.8 Å². The van der Waals surface area contributed by atoms with Gasteiger partial charge in [0.1, 0.15) is 11.6 Å². The standard InChI is InChI=1S/C17H13BrF3N3O2S/c1-10(25)26-6-7-27-16-14(4-5-22-23-16)24-9-13(18)12-3-2-11(8-15(12)24)17(19,20)21/h2-5,8-9H,6-7H2,1H3. The fraction of sp³-hybridized carbons (Fsp3) is 0.235. The predicted molar refractivity (Wildman–Crippen MR) is 98.9 cm³/mol. The molecule has 27 heavy (non-hydrogen) atoms. The summed E-state index contributed by atoms with van der Waals surface area (Å²) in [6.45, 7) is 1.52. The molecule has 0 aliphatic carbocycles. The molecule has 0 aliphatic rings. The van der Waals surface area contributed by atoms with Gasteiger partial charge in [0.2, 0.25) is 0 Å². The number of aromatic nitrogens is 3. The zero-order chi connectivity index (χ0) is 19.6. The predicted octanol–water partition coefficient (Wildman–Crippen LogP) is 4.86. The number of carbonyl (C=O) groups excluding carboxylic acids is 1. The first kappa shape index (κ1) is 19.7. The van der Waals surface area contributed by atoms with Gasteiger partial charge < -0.3 is 9.30 Å². The molecule has 0 amide bonds. The molecule has 10 heteroatoms. The Balaban J connectivity index is 2.01. The highest BCUT2D eigenvalue weighted by molar-refractivity contribution is 9.10. The van der Waals surface area contributed by atoms with Crippen molar-refractivity contribution in [3.05, 3.63) is 46.7 Å². The minimum absolute atomic E-state index is 0.199. The van der Waals surface area contributed by atoms with E-state index in [2.05, 4.69) is 26.1 Å². The van der Waals surface area contributed by atoms with Crippen molar-refractivity contribution in [1.82, 2.24) is 14.8 Å². The van der Waals surface area contributed by atoms with Gasteiger partial charge in [-0.05, 0) is 34.1 Å². The van der Waals surface area contributed by atoms with Crippen LogP contribution in [0.1, 0.15) is 12.5 Å². The average molecular weight is 460 g/mol. The van der Waals surface area contributed by atoms with Crippen molar-refractivity contribution in [2.75, 3.05) is 12.4 Å². The van der Waals surface area contributed by atoms with Gasteiger partial charge in [0.05, 0.1) is 23.0 Å². The SMILES string of the molecule is CC(=O)OCCSc1nnccc1-n1cc(Br)c2ccc(C(F)(F)F)cc21. The summed E-state index contributed by atoms with van der Waals surface area (Å²) >= 11 is 4.69. The number of thioether (sulfide) groups is 1. The minimum Gasteiger partial charge on any atom is -0.465 e. The number of alkyl halides is 3. The molecular formula is C17H13BrF3N3O2S. The van der Waals surface area contributed by atoms with Gasteiger partial charge in [0.25, 0.3) is 0 Å². The highest BCUT2D eigenvalue weighted by atomic mass is 79.9. The Bertz CT molecular complexity index is 991. The van der Waals surface area contributed by atoms with E-state index in [9.17, 15) is 18.0 Å². The Morgan fingerprint density at radius 1 is 1.33 bits per heavy atom. The Morgan fingerprint density at radius 3 is 2.81 bits per heavy atom. The smallest absolute Gasteiger partial charge is 0.416 e. The maximum absolute atomic E-state index is 13.1. The van der Waals surface area contributed by atoms with Crippen LogP contribution in [0.2, 0.25) is 0 Å². The maximum Gasteiger partial charge on any atom is 0.416 e. The van der Waals surface area contributed by atoms with Gasteiger partial charge in [-0.3, -0.25) is 4.79 Å². The second kappa shape index (κ2) is 7.89. The molecule has 0 radical (unpaired) electrons. The Labute approximate surface area is 165 Å². The molecule has 0 N–H and O–H groups in total. The minimum atomic E-state index is -4.44. The molecule has 142 valence electrons. The number of halogens is 4. The number of benzene rings is 1. The Kier molecular flexibility index (Phi) is 5.75. The van der Waals surface area contributed by atoms with Gasteiger partial charge in [0, 0.05) is 28.7 Å². The van der Waals surface area contributed by atoms with Gasteiger partial charge >= 0.3 is 12.1 Å². The summed E-state index contributed by atoms with van der Waals surface area (Å²) in [6, 6.07) is 5.26. The molecule has 1 aromatic carbocycles. The number of rotatable bonds is 5. The van der Waals surface area contributed by atoms with Crippen LogP contribution in [0.4, 0.5) is 13.2 Å². The summed E-state index contributed by atoms with van der Waals surface area (Å²) in [5.41, 5.74) is 0.257. The molecule has 2 heterocycles. The van der Waals surface area contributed by atoms with Crippen molar-refractivity contribution < 1.29 is 22.7 Å². The molecule has 0 atom stereocenters. The van der Waals surface area contributed by atoms with Gasteiger partial charge in [0.15, 0.2) is 0 Å². The van der Waals surface area contributed by atoms with Crippen LogP contribution in [-0.2, 0) is 15.7 Å². The second-order valence-electron chi connectivity index (χ2n) is 5.49. The Morgan fingerprint density at radius 2 is 2.11 bits per heavy atom. The number of hydrogen-bond donors (Lipinski definition) is 0. The fourth-order valence-electron chi connectivity index (χ4n) is 2.48. The van der Waals surface area contributed by atoms with Crippen LogP contribution in [0.3, 0.4) is 0 Å². The molecule has 5 nitrogen and oxygen atoms in total. The molecule has 0 saturated heterocycles. The molecule has 0 unspecified atom stereocenters. The first-order valence-electron chi connectivity index (χ1n) is 7.73. The van der Waals surface area contributed by atoms with E-state index >= 15 is 0 Å². The topological polar surface area (TPSA) is 57.0 Å². The highest BCUT2D eigenvalue weighted by Gasteiger charge is 2.31. The highest BCUT2D eigenvalue weighted by Crippen LogP contribution is 2.36. The van der Waals surface area contributed by atoms with Crippen LogP contribution < -0.4 is 0 Å². The van der Waals surface area contributed by atoms with Crippen LogP contribution in [0, 0.1) is 0 Å². The number of hydrogen-bond acceptors (Lipinski definition) is 5. The molecule has 3 aromatic rings. The van der Waals surface area contributed by atoms with Crippen molar-refractivity contribution in [1.29, 1.82) is 0 Å². The number of fused-ring (bicyclic) bond motifs is 1. The molecule has 0 fully saturated rings. The quantitative estimate of drug-likeness (QED) is 0.310. The molecule has 0 saturated carbocycles. The van der Waals surface area contributed by atoms with E-state index < -0.39 is 11.7 Å². The van der Waals surface area contributed by atoms with Crippen molar-refractivity contribution in [2.24, 2.45) is 0 Å². The van der Waals surface area contributed by atoms with E-state index in [1.807, 2.05) is 0 Å². The van der Waals surface area contributed by atoms with Crippen molar-refractivity contribution in [3.8, 4) is 5.69 Å². The third-order valence-electron chi connectivity index (χ3n) is 3.64. The van der Waals surface area contributed by atoms with Crippen LogP contribution in [-0.4, -0.2) is 33.1 Å². The second-order valence-corrected chi connectivity index (χ2v) is 7.42. The third kappa shape index (κ3) is 4.44. The number of carbonyl (C=O) groups is 1. The fourth-order valence-corrected chi connectivity index (χ4v) is 3.80. The van der Waals surface area contributed by atoms with Crippen LogP contribution in [0.25, 0.3) is 16.6 Å². The van der Waals surface area contributed by atoms with Crippen molar-refractivity contribution >= 4 is 44.6 Å². The van der Waals surface area contributed by atoms with E-state index in [0.717, 1.165) is 12.1 Å². The monoisotopic (exact) mass is 459 g/mol. The largest absolute Gasteiger partial charge is 0.465 e. The van der Waals surface area contributed by atoms with Crippen LogP contribution in [0.5, 0.6) is 0 Å². The van der Waals surface area contributed by atoms with E-state index in [4.69, 9.17) is 4.74 Å². The summed E-state index contributed by atoms with van der Waals surface area (Å²) in [4.78, 5) is 10.8. The number of nitrogens with zero attached hydrogens (tertiary/aromatic N) is 3. The average Bonchev–Trinajstić information content (AvgIpc) is 2.94. The lowest BCUT2D eigenvalue weighted by Gasteiger charge is -2.11. The van der Waals surface area contributed by atoms with Gasteiger partial charge in [-0.15, -0.1) is 5.10 Å². The zero-order valence-electron chi connectivity index (χ0n) is 14.0. The Hall–Kier alpha value is -2.07. The molecule has 2 aromatic heterocycles. The normalized spacial score (nSPS) is 11.7. The molecule has 0 bridgehead atoms. The van der Waals surface area contributed by atoms with Gasteiger partial charge in [-0.25, -0.2) is 0 Å². The first-order valence-corrected chi connectivity index (χ1v) is 9.51. The van der Waals surface area contributed by atoms with Gasteiger partial charge in [-0.2, -0.15) is 18.3 Å². The summed E-state index contributed by atoms with van der Waals surface area (Å²) < 4.78 is 46.5. The van der Waals surface area contributed by atoms with Crippen LogP contribution >= 0.6 is 27.7 Å². The lowest BCUT2D eigenvalue weighted by atomic mass is 10.1. The summed E-state index contributed by atoms with van der Waals surface area (Å²) in [5.74, 6) is 0.0642. The number of ether oxygens (including phenoxy) is 1. The van der Waals surface area contributed by atoms with Crippen molar-refractivity contribution in [3.63, 3.8) is 0 Å². The zero-order valence-corrected chi connectivity index (χ0v) is 16.4. The summed E-state index contributed by atoms with van der Waals surface area (Å²) in [7, 11) is 0. The number of esters is 1. The van der Waals surface area contributed by atoms with E-state index in [1.54, 1.807) is 16.8 Å². The molecule has 0 aliphatic heterocycles. The van der Waals surface area contributed by atoms with Crippen molar-refractivity contribution in [2.45, 2.75) is 18.1 Å². The van der Waals surface area contributed by atoms with E-state index in [0.29, 0.717) is 31.8 Å². The summed E-state index contributed by atoms with van der Waals surface area (Å²) in [6.07, 6.45) is -1.27. The third-order valence-corrected chi connectivity index (χ3v) is 5.21. The first-order chi connectivity index (χ1) is 12.8.